The van der Waals surface area contributed by atoms with E-state index in [4.69, 9.17) is 0 Å². The fourth-order valence-electron chi connectivity index (χ4n) is 4.39. The number of quaternary nitrogens is 1. The molecule has 0 amide bonds. The number of nitrogens with zero attached hydrogens (tertiary/aromatic N) is 1. The third-order valence-electron chi connectivity index (χ3n) is 5.38. The quantitative estimate of drug-likeness (QED) is 0.785. The maximum Gasteiger partial charge on any atom is 0.250 e. The second-order valence-electron chi connectivity index (χ2n) is 7.34. The number of benzene rings is 1. The van der Waals surface area contributed by atoms with Gasteiger partial charge >= 0.3 is 0 Å². The van der Waals surface area contributed by atoms with E-state index in [0.29, 0.717) is 11.8 Å². The number of aromatic nitrogens is 1. The first-order valence-electron chi connectivity index (χ1n) is 9.08. The Kier molecular flexibility index (Phi) is 4.97. The van der Waals surface area contributed by atoms with Crippen molar-refractivity contribution in [3.05, 3.63) is 64.6 Å². The minimum atomic E-state index is -0.294. The van der Waals surface area contributed by atoms with Crippen LogP contribution in [-0.4, -0.2) is 41.2 Å². The maximum atomic E-state index is 12.1. The number of nitrogens with one attached hydrogen (secondary N) is 1. The van der Waals surface area contributed by atoms with Crippen molar-refractivity contribution in [3.8, 4) is 0 Å². The van der Waals surface area contributed by atoms with E-state index in [-0.39, 0.29) is 11.7 Å². The summed E-state index contributed by atoms with van der Waals surface area (Å²) in [6.07, 6.45) is 0.888. The first-order chi connectivity index (χ1) is 12.2. The Balaban J connectivity index is 1.36. The van der Waals surface area contributed by atoms with Crippen LogP contribution >= 0.6 is 11.8 Å². The van der Waals surface area contributed by atoms with Crippen LogP contribution in [0.15, 0.2) is 58.2 Å². The third kappa shape index (κ3) is 3.84. The normalized spacial score (nSPS) is 26.0. The van der Waals surface area contributed by atoms with E-state index < -0.39 is 0 Å². The van der Waals surface area contributed by atoms with E-state index in [1.807, 2.05) is 28.8 Å². The molecule has 4 atom stereocenters. The van der Waals surface area contributed by atoms with Crippen LogP contribution in [0, 0.1) is 5.92 Å². The summed E-state index contributed by atoms with van der Waals surface area (Å²) in [5, 5.41) is 10.5. The van der Waals surface area contributed by atoms with Gasteiger partial charge in [-0.25, -0.2) is 0 Å². The molecule has 1 unspecified atom stereocenters. The number of likely N-dealkylation sites (tertiary alicyclic amines) is 1. The number of aliphatic hydroxyl groups excluding tert-OH is 1. The Labute approximate surface area is 152 Å². The summed E-state index contributed by atoms with van der Waals surface area (Å²) < 4.78 is 1.97. The van der Waals surface area contributed by atoms with Crippen LogP contribution < -0.4 is 10.5 Å². The highest BCUT2D eigenvalue weighted by atomic mass is 32.2. The van der Waals surface area contributed by atoms with E-state index in [1.54, 1.807) is 17.8 Å². The van der Waals surface area contributed by atoms with Crippen molar-refractivity contribution in [2.75, 3.05) is 25.4 Å². The molecule has 2 N–H and O–H groups in total. The SMILES string of the molecule is O=c1cccc2n1C[C@H]1C[C@@H]2C[NH+](C[C@@H](O)CSc2ccccc2)C1. The smallest absolute Gasteiger partial charge is 0.250 e. The van der Waals surface area contributed by atoms with Crippen LogP contribution in [0.5, 0.6) is 0 Å². The number of aliphatic hydroxyl groups is 1. The molecule has 2 aliphatic rings. The average molecular weight is 357 g/mol. The molecule has 0 aliphatic carbocycles. The van der Waals surface area contributed by atoms with Gasteiger partial charge in [-0.15, -0.1) is 11.8 Å². The molecule has 25 heavy (non-hydrogen) atoms. The number of thioether (sulfide) groups is 1. The van der Waals surface area contributed by atoms with Gasteiger partial charge in [-0.3, -0.25) is 4.79 Å². The summed E-state index contributed by atoms with van der Waals surface area (Å²) in [7, 11) is 0. The highest BCUT2D eigenvalue weighted by Gasteiger charge is 2.37. The van der Waals surface area contributed by atoms with Gasteiger partial charge in [0, 0.05) is 40.8 Å². The maximum absolute atomic E-state index is 12.1. The van der Waals surface area contributed by atoms with Crippen molar-refractivity contribution < 1.29 is 10.0 Å². The van der Waals surface area contributed by atoms with Gasteiger partial charge in [-0.2, -0.15) is 0 Å². The molecule has 1 fully saturated rings. The Hall–Kier alpha value is -1.56. The summed E-state index contributed by atoms with van der Waals surface area (Å²) in [6, 6.07) is 15.9. The molecule has 1 aromatic heterocycles. The zero-order valence-corrected chi connectivity index (χ0v) is 15.1. The van der Waals surface area contributed by atoms with Crippen LogP contribution in [0.25, 0.3) is 0 Å². The summed E-state index contributed by atoms with van der Waals surface area (Å²) in [4.78, 5) is 14.8. The molecular weight excluding hydrogens is 332 g/mol. The van der Waals surface area contributed by atoms with Gasteiger partial charge < -0.3 is 14.6 Å². The molecule has 0 spiro atoms. The van der Waals surface area contributed by atoms with Crippen LogP contribution in [0.3, 0.4) is 0 Å². The lowest BCUT2D eigenvalue weighted by Crippen LogP contribution is -3.15. The minimum absolute atomic E-state index is 0.134. The lowest BCUT2D eigenvalue weighted by Gasteiger charge is -2.40. The van der Waals surface area contributed by atoms with Crippen molar-refractivity contribution in [3.63, 3.8) is 0 Å². The predicted octanol–water partition coefficient (Wildman–Crippen LogP) is 1.00. The zero-order valence-electron chi connectivity index (χ0n) is 14.3. The Morgan fingerprint density at radius 2 is 2.00 bits per heavy atom. The van der Waals surface area contributed by atoms with E-state index in [0.717, 1.165) is 31.9 Å². The molecule has 1 aromatic carbocycles. The van der Waals surface area contributed by atoms with Gasteiger partial charge in [0.2, 0.25) is 0 Å². The minimum Gasteiger partial charge on any atom is -0.386 e. The number of pyridine rings is 1. The van der Waals surface area contributed by atoms with Gasteiger partial charge in [0.05, 0.1) is 13.1 Å². The first kappa shape index (κ1) is 16.9. The molecule has 5 heteroatoms. The van der Waals surface area contributed by atoms with Gasteiger partial charge in [-0.05, 0) is 24.6 Å². The summed E-state index contributed by atoms with van der Waals surface area (Å²) in [5.74, 6) is 1.74. The van der Waals surface area contributed by atoms with E-state index in [9.17, 15) is 9.90 Å². The van der Waals surface area contributed by atoms with Gasteiger partial charge in [-0.1, -0.05) is 24.3 Å². The highest BCUT2D eigenvalue weighted by molar-refractivity contribution is 7.99. The molecule has 4 rings (SSSR count). The average Bonchev–Trinajstić information content (AvgIpc) is 2.62. The van der Waals surface area contributed by atoms with Crippen LogP contribution in [0.1, 0.15) is 18.0 Å². The van der Waals surface area contributed by atoms with Crippen molar-refractivity contribution in [1.82, 2.24) is 4.57 Å². The molecule has 3 heterocycles. The topological polar surface area (TPSA) is 46.7 Å². The van der Waals surface area contributed by atoms with Crippen LogP contribution in [0.2, 0.25) is 0 Å². The molecule has 2 aliphatic heterocycles. The second kappa shape index (κ2) is 7.36. The zero-order chi connectivity index (χ0) is 17.2. The standard InChI is InChI=1S/C20H24N2O2S/c23-17(14-25-18-5-2-1-3-6-18)13-21-10-15-9-16(12-21)19-7-4-8-20(24)22(19)11-15/h1-8,15-17,23H,9-14H2/p+1/t15-,16+,17+/m0/s1. The Morgan fingerprint density at radius 1 is 1.16 bits per heavy atom. The molecular formula is C20H25N2O2S+. The van der Waals surface area contributed by atoms with Crippen molar-refractivity contribution >= 4 is 11.8 Å². The number of fused-ring (bicyclic) bond motifs is 4. The van der Waals surface area contributed by atoms with Crippen molar-refractivity contribution in [2.45, 2.75) is 29.9 Å². The number of hydrogen-bond acceptors (Lipinski definition) is 3. The molecule has 0 saturated carbocycles. The van der Waals surface area contributed by atoms with Crippen LogP contribution in [0.4, 0.5) is 0 Å². The fraction of sp³-hybridized carbons (Fsp3) is 0.450. The summed E-state index contributed by atoms with van der Waals surface area (Å²) in [5.41, 5.74) is 1.32. The molecule has 0 radical (unpaired) electrons. The Morgan fingerprint density at radius 3 is 2.84 bits per heavy atom. The van der Waals surface area contributed by atoms with Gasteiger partial charge in [0.25, 0.3) is 5.56 Å². The van der Waals surface area contributed by atoms with E-state index in [2.05, 4.69) is 18.2 Å². The molecule has 2 bridgehead atoms. The van der Waals surface area contributed by atoms with Crippen LogP contribution in [-0.2, 0) is 6.54 Å². The number of hydrogen-bond donors (Lipinski definition) is 2. The Bertz CT molecular complexity index is 777. The predicted molar refractivity (Wildman–Crippen MR) is 100 cm³/mol. The largest absolute Gasteiger partial charge is 0.386 e. The van der Waals surface area contributed by atoms with Gasteiger partial charge in [0.1, 0.15) is 12.6 Å². The second-order valence-corrected chi connectivity index (χ2v) is 8.43. The third-order valence-corrected chi connectivity index (χ3v) is 6.54. The van der Waals surface area contributed by atoms with Crippen molar-refractivity contribution in [2.24, 2.45) is 5.92 Å². The lowest BCUT2D eigenvalue weighted by molar-refractivity contribution is -0.913. The molecule has 1 saturated heterocycles. The van der Waals surface area contributed by atoms with E-state index in [1.165, 1.54) is 21.9 Å². The molecule has 2 aromatic rings. The molecule has 132 valence electrons. The van der Waals surface area contributed by atoms with E-state index >= 15 is 0 Å². The monoisotopic (exact) mass is 357 g/mol. The van der Waals surface area contributed by atoms with Gasteiger partial charge in [0.15, 0.2) is 0 Å². The number of piperidine rings is 1. The first-order valence-corrected chi connectivity index (χ1v) is 10.1. The number of rotatable bonds is 5. The lowest BCUT2D eigenvalue weighted by atomic mass is 9.83. The highest BCUT2D eigenvalue weighted by Crippen LogP contribution is 2.30. The molecule has 4 nitrogen and oxygen atoms in total. The summed E-state index contributed by atoms with van der Waals surface area (Å²) in [6.45, 7) is 3.71. The fourth-order valence-corrected chi connectivity index (χ4v) is 5.24. The summed E-state index contributed by atoms with van der Waals surface area (Å²) >= 11 is 1.72. The van der Waals surface area contributed by atoms with Crippen molar-refractivity contribution in [1.29, 1.82) is 0 Å².